The van der Waals surface area contributed by atoms with Crippen LogP contribution in [0.3, 0.4) is 0 Å². The van der Waals surface area contributed by atoms with E-state index in [4.69, 9.17) is 15.1 Å². The summed E-state index contributed by atoms with van der Waals surface area (Å²) in [7, 11) is 0. The van der Waals surface area contributed by atoms with E-state index in [2.05, 4.69) is 6.07 Å². The Bertz CT molecular complexity index is 249. The van der Waals surface area contributed by atoms with Crippen LogP contribution in [0, 0.1) is 17.2 Å². The lowest BCUT2D eigenvalue weighted by molar-refractivity contribution is -0.0119. The summed E-state index contributed by atoms with van der Waals surface area (Å²) < 4.78 is 5.34. The first-order chi connectivity index (χ1) is 6.69. The molecule has 2 atom stereocenters. The second-order valence-electron chi connectivity index (χ2n) is 3.25. The van der Waals surface area contributed by atoms with E-state index >= 15 is 0 Å². The van der Waals surface area contributed by atoms with Gasteiger partial charge in [0.2, 0.25) is 0 Å². The fourth-order valence-electron chi connectivity index (χ4n) is 1.62. The molecule has 14 heavy (non-hydrogen) atoms. The van der Waals surface area contributed by atoms with Gasteiger partial charge in [0, 0.05) is 13.2 Å². The lowest BCUT2D eigenvalue weighted by Gasteiger charge is -2.33. The molecule has 0 aromatic heterocycles. The van der Waals surface area contributed by atoms with E-state index < -0.39 is 6.09 Å². The van der Waals surface area contributed by atoms with Crippen molar-refractivity contribution < 1.29 is 14.6 Å². The third-order valence-corrected chi connectivity index (χ3v) is 2.38. The zero-order chi connectivity index (χ0) is 10.6. The highest BCUT2D eigenvalue weighted by Gasteiger charge is 2.31. The van der Waals surface area contributed by atoms with Crippen molar-refractivity contribution in [1.29, 1.82) is 5.26 Å². The van der Waals surface area contributed by atoms with Gasteiger partial charge in [-0.15, -0.1) is 0 Å². The molecule has 0 aliphatic carbocycles. The molecule has 78 valence electrons. The summed E-state index contributed by atoms with van der Waals surface area (Å²) in [6, 6.07) is 2.15. The minimum atomic E-state index is -0.939. The maximum atomic E-state index is 10.7. The minimum absolute atomic E-state index is 0.175. The summed E-state index contributed by atoms with van der Waals surface area (Å²) in [5.74, 6) is -0.175. The number of ether oxygens (including phenoxy) is 1. The Morgan fingerprint density at radius 3 is 3.00 bits per heavy atom. The molecule has 1 aliphatic rings. The number of nitrogens with zero attached hydrogens (tertiary/aromatic N) is 2. The third kappa shape index (κ3) is 2.36. The van der Waals surface area contributed by atoms with Gasteiger partial charge in [-0.2, -0.15) is 5.26 Å². The Kier molecular flexibility index (Phi) is 3.72. The van der Waals surface area contributed by atoms with Crippen LogP contribution < -0.4 is 0 Å². The van der Waals surface area contributed by atoms with Gasteiger partial charge in [0.05, 0.1) is 24.6 Å². The number of nitriles is 1. The van der Waals surface area contributed by atoms with Crippen LogP contribution in [0.15, 0.2) is 0 Å². The molecule has 5 heteroatoms. The number of piperidine rings is 1. The molecular formula is C9H14N2O3. The van der Waals surface area contributed by atoms with Gasteiger partial charge >= 0.3 is 6.09 Å². The van der Waals surface area contributed by atoms with Gasteiger partial charge in [0.15, 0.2) is 0 Å². The predicted molar refractivity (Wildman–Crippen MR) is 48.7 cm³/mol. The largest absolute Gasteiger partial charge is 0.465 e. The van der Waals surface area contributed by atoms with Crippen LogP contribution in [0.4, 0.5) is 4.79 Å². The van der Waals surface area contributed by atoms with Crippen molar-refractivity contribution in [2.24, 2.45) is 5.92 Å². The van der Waals surface area contributed by atoms with Gasteiger partial charge in [-0.25, -0.2) is 4.79 Å². The second kappa shape index (κ2) is 4.82. The van der Waals surface area contributed by atoms with Crippen molar-refractivity contribution in [3.05, 3.63) is 0 Å². The highest BCUT2D eigenvalue weighted by atomic mass is 16.5. The van der Waals surface area contributed by atoms with E-state index in [1.165, 1.54) is 4.90 Å². The molecule has 1 saturated heterocycles. The van der Waals surface area contributed by atoms with E-state index in [-0.39, 0.29) is 12.0 Å². The fourth-order valence-corrected chi connectivity index (χ4v) is 1.62. The van der Waals surface area contributed by atoms with Crippen molar-refractivity contribution in [3.8, 4) is 6.07 Å². The highest BCUT2D eigenvalue weighted by Crippen LogP contribution is 2.19. The third-order valence-electron chi connectivity index (χ3n) is 2.38. The van der Waals surface area contributed by atoms with Gasteiger partial charge in [0.1, 0.15) is 0 Å². The van der Waals surface area contributed by atoms with Crippen molar-refractivity contribution >= 4 is 6.09 Å². The zero-order valence-corrected chi connectivity index (χ0v) is 8.14. The molecular weight excluding hydrogens is 184 g/mol. The van der Waals surface area contributed by atoms with Crippen molar-refractivity contribution in [2.45, 2.75) is 19.4 Å². The summed E-state index contributed by atoms with van der Waals surface area (Å²) in [5, 5.41) is 17.6. The first kappa shape index (κ1) is 10.8. The van der Waals surface area contributed by atoms with Gasteiger partial charge in [-0.1, -0.05) is 0 Å². The van der Waals surface area contributed by atoms with E-state index in [0.717, 1.165) is 0 Å². The highest BCUT2D eigenvalue weighted by molar-refractivity contribution is 5.65. The molecule has 0 spiro atoms. The number of carbonyl (C=O) groups is 1. The van der Waals surface area contributed by atoms with Gasteiger partial charge in [-0.05, 0) is 13.3 Å². The topological polar surface area (TPSA) is 73.6 Å². The lowest BCUT2D eigenvalue weighted by atomic mass is 9.95. The predicted octanol–water partition coefficient (Wildman–Crippen LogP) is 0.915. The molecule has 1 amide bonds. The number of likely N-dealkylation sites (tertiary alicyclic amines) is 1. The molecule has 1 fully saturated rings. The van der Waals surface area contributed by atoms with Crippen LogP contribution in [0.2, 0.25) is 0 Å². The number of amides is 1. The first-order valence-electron chi connectivity index (χ1n) is 4.68. The smallest absolute Gasteiger partial charge is 0.407 e. The molecule has 0 aromatic carbocycles. The number of rotatable bonds is 2. The Labute approximate surface area is 82.9 Å². The summed E-state index contributed by atoms with van der Waals surface area (Å²) in [6.45, 7) is 3.09. The Morgan fingerprint density at radius 2 is 2.50 bits per heavy atom. The van der Waals surface area contributed by atoms with Gasteiger partial charge in [-0.3, -0.25) is 0 Å². The standard InChI is InChI=1S/C9H14N2O3/c1-2-14-8-6-11(9(12)13)4-3-7(8)5-10/h7-8H,2-4,6H2,1H3,(H,12,13). The fraction of sp³-hybridized carbons (Fsp3) is 0.778. The molecule has 0 aromatic rings. The quantitative estimate of drug-likeness (QED) is 0.715. The van der Waals surface area contributed by atoms with Crippen LogP contribution >= 0.6 is 0 Å². The average Bonchev–Trinajstić information content (AvgIpc) is 2.18. The molecule has 1 N–H and O–H groups in total. The van der Waals surface area contributed by atoms with Crippen LogP contribution in [-0.2, 0) is 4.74 Å². The summed E-state index contributed by atoms with van der Waals surface area (Å²) in [5.41, 5.74) is 0. The molecule has 5 nitrogen and oxygen atoms in total. The van der Waals surface area contributed by atoms with E-state index in [1.807, 2.05) is 6.92 Å². The van der Waals surface area contributed by atoms with E-state index in [1.54, 1.807) is 0 Å². The van der Waals surface area contributed by atoms with Crippen LogP contribution in [0.1, 0.15) is 13.3 Å². The van der Waals surface area contributed by atoms with Crippen molar-refractivity contribution in [1.82, 2.24) is 4.90 Å². The molecule has 0 radical (unpaired) electrons. The Balaban J connectivity index is 2.58. The molecule has 1 aliphatic heterocycles. The van der Waals surface area contributed by atoms with E-state index in [0.29, 0.717) is 26.1 Å². The first-order valence-corrected chi connectivity index (χ1v) is 4.68. The number of hydrogen-bond donors (Lipinski definition) is 1. The minimum Gasteiger partial charge on any atom is -0.465 e. The summed E-state index contributed by atoms with van der Waals surface area (Å²) in [4.78, 5) is 12.0. The second-order valence-corrected chi connectivity index (χ2v) is 3.25. The average molecular weight is 198 g/mol. The van der Waals surface area contributed by atoms with E-state index in [9.17, 15) is 4.79 Å². The maximum Gasteiger partial charge on any atom is 0.407 e. The number of carboxylic acid groups (broad SMARTS) is 1. The summed E-state index contributed by atoms with van der Waals surface area (Å²) >= 11 is 0. The molecule has 0 saturated carbocycles. The Morgan fingerprint density at radius 1 is 1.79 bits per heavy atom. The van der Waals surface area contributed by atoms with Crippen molar-refractivity contribution in [2.75, 3.05) is 19.7 Å². The molecule has 2 unspecified atom stereocenters. The monoisotopic (exact) mass is 198 g/mol. The summed E-state index contributed by atoms with van der Waals surface area (Å²) in [6.07, 6.45) is -0.644. The molecule has 1 heterocycles. The Hall–Kier alpha value is -1.28. The van der Waals surface area contributed by atoms with Crippen LogP contribution in [0.5, 0.6) is 0 Å². The molecule has 1 rings (SSSR count). The molecule has 0 bridgehead atoms. The zero-order valence-electron chi connectivity index (χ0n) is 8.14. The SMILES string of the molecule is CCOC1CN(C(=O)O)CCC1C#N. The van der Waals surface area contributed by atoms with Gasteiger partial charge in [0.25, 0.3) is 0 Å². The lowest BCUT2D eigenvalue weighted by Crippen LogP contribution is -2.46. The maximum absolute atomic E-state index is 10.7. The van der Waals surface area contributed by atoms with Crippen LogP contribution in [-0.4, -0.2) is 41.9 Å². The number of hydrogen-bond acceptors (Lipinski definition) is 3. The normalized spacial score (nSPS) is 27.0. The van der Waals surface area contributed by atoms with Gasteiger partial charge < -0.3 is 14.7 Å². The van der Waals surface area contributed by atoms with Crippen molar-refractivity contribution in [3.63, 3.8) is 0 Å². The van der Waals surface area contributed by atoms with Crippen LogP contribution in [0.25, 0.3) is 0 Å².